The van der Waals surface area contributed by atoms with Crippen molar-refractivity contribution < 1.29 is 13.8 Å². The minimum Gasteiger partial charge on any atom is -0.497 e. The highest BCUT2D eigenvalue weighted by Gasteiger charge is 2.34. The van der Waals surface area contributed by atoms with E-state index in [0.717, 1.165) is 39.0 Å². The molecule has 1 heterocycles. The molecule has 0 aliphatic carbocycles. The molecule has 6 heteroatoms. The first-order valence-corrected chi connectivity index (χ1v) is 15.7. The highest BCUT2D eigenvalue weighted by atomic mass is 32.2. The van der Waals surface area contributed by atoms with E-state index in [1.807, 2.05) is 78.9 Å². The van der Waals surface area contributed by atoms with Gasteiger partial charge in [0.2, 0.25) is 0 Å². The van der Waals surface area contributed by atoms with Gasteiger partial charge >= 0.3 is 7.37 Å². The van der Waals surface area contributed by atoms with Crippen LogP contribution in [-0.2, 0) is 9.09 Å². The Morgan fingerprint density at radius 2 is 1.44 bits per heavy atom. The Bertz CT molecular complexity index is 1230. The summed E-state index contributed by atoms with van der Waals surface area (Å²) >= 11 is 3.57. The average molecular weight is 537 g/mol. The Balaban J connectivity index is 1.95. The van der Waals surface area contributed by atoms with E-state index in [0.29, 0.717) is 16.4 Å². The van der Waals surface area contributed by atoms with E-state index < -0.39 is 7.37 Å². The Labute approximate surface area is 223 Å². The van der Waals surface area contributed by atoms with Crippen LogP contribution in [0, 0.1) is 5.41 Å². The van der Waals surface area contributed by atoms with E-state index in [1.54, 1.807) is 30.6 Å². The molecular weight excluding hydrogens is 503 g/mol. The Morgan fingerprint density at radius 1 is 0.861 bits per heavy atom. The number of benzene rings is 3. The fourth-order valence-corrected chi connectivity index (χ4v) is 8.63. The first-order valence-electron chi connectivity index (χ1n) is 12.1. The molecule has 1 saturated heterocycles. The van der Waals surface area contributed by atoms with Crippen LogP contribution in [0.3, 0.4) is 0 Å². The van der Waals surface area contributed by atoms with Crippen molar-refractivity contribution in [1.29, 1.82) is 0 Å². The zero-order valence-electron chi connectivity index (χ0n) is 21.3. The number of hydrogen-bond donors (Lipinski definition) is 0. The first kappa shape index (κ1) is 26.7. The van der Waals surface area contributed by atoms with Crippen LogP contribution in [0.4, 0.5) is 0 Å². The number of ether oxygens (including phenoxy) is 1. The van der Waals surface area contributed by atoms with E-state index in [-0.39, 0.29) is 5.41 Å². The predicted octanol–water partition coefficient (Wildman–Crippen LogP) is 8.11. The van der Waals surface area contributed by atoms with Gasteiger partial charge in [0, 0.05) is 5.57 Å². The molecule has 0 atom stereocenters. The summed E-state index contributed by atoms with van der Waals surface area (Å²) in [6, 6.07) is 27.2. The van der Waals surface area contributed by atoms with E-state index in [2.05, 4.69) is 32.9 Å². The van der Waals surface area contributed by atoms with Gasteiger partial charge in [-0.2, -0.15) is 0 Å². The van der Waals surface area contributed by atoms with Crippen LogP contribution in [0.1, 0.15) is 32.8 Å². The van der Waals surface area contributed by atoms with Crippen LogP contribution in [0.2, 0.25) is 0 Å². The molecule has 0 amide bonds. The largest absolute Gasteiger partial charge is 0.497 e. The molecule has 188 valence electrons. The van der Waals surface area contributed by atoms with Crippen molar-refractivity contribution in [2.75, 3.05) is 18.6 Å². The first-order chi connectivity index (χ1) is 17.3. The molecule has 0 radical (unpaired) electrons. The van der Waals surface area contributed by atoms with Crippen molar-refractivity contribution in [3.8, 4) is 5.75 Å². The lowest BCUT2D eigenvalue weighted by molar-refractivity contribution is 0.414. The molecule has 0 bridgehead atoms. The smallest absolute Gasteiger partial charge is 0.306 e. The summed E-state index contributed by atoms with van der Waals surface area (Å²) in [4.78, 5) is 0. The van der Waals surface area contributed by atoms with Crippen molar-refractivity contribution in [2.45, 2.75) is 27.2 Å². The molecule has 1 fully saturated rings. The molecule has 0 saturated carbocycles. The minimum atomic E-state index is -3.46. The van der Waals surface area contributed by atoms with E-state index in [4.69, 9.17) is 9.26 Å². The van der Waals surface area contributed by atoms with Crippen LogP contribution in [-0.4, -0.2) is 18.6 Å². The van der Waals surface area contributed by atoms with Gasteiger partial charge in [0.25, 0.3) is 0 Å². The lowest BCUT2D eigenvalue weighted by Gasteiger charge is -2.28. The van der Waals surface area contributed by atoms with Gasteiger partial charge in [-0.15, -0.1) is 23.5 Å². The third-order valence-corrected chi connectivity index (χ3v) is 10.5. The van der Waals surface area contributed by atoms with Gasteiger partial charge in [-0.05, 0) is 65.3 Å². The van der Waals surface area contributed by atoms with Crippen molar-refractivity contribution in [1.82, 2.24) is 0 Å². The maximum Gasteiger partial charge on any atom is 0.306 e. The molecule has 3 aromatic carbocycles. The minimum absolute atomic E-state index is 0.138. The Hall–Kier alpha value is -2.33. The van der Waals surface area contributed by atoms with Crippen LogP contribution < -0.4 is 15.3 Å². The second-order valence-corrected chi connectivity index (χ2v) is 14.4. The van der Waals surface area contributed by atoms with E-state index in [1.165, 1.54) is 0 Å². The van der Waals surface area contributed by atoms with Gasteiger partial charge in [0.15, 0.2) is 5.76 Å². The zero-order valence-corrected chi connectivity index (χ0v) is 23.8. The summed E-state index contributed by atoms with van der Waals surface area (Å²) in [6.07, 6.45) is 3.36. The lowest BCUT2D eigenvalue weighted by Crippen LogP contribution is -2.19. The number of allylic oxidation sites excluding steroid dienone is 2. The van der Waals surface area contributed by atoms with E-state index in [9.17, 15) is 4.57 Å². The SMILES string of the molecule is COc1cccc(/C(=C\C(C)(C)C)C(OP(=O)(c2ccccc2)c2ccccc2)=C2SCCCS2)c1. The van der Waals surface area contributed by atoms with Crippen LogP contribution in [0.25, 0.3) is 5.57 Å². The van der Waals surface area contributed by atoms with Gasteiger partial charge in [-0.1, -0.05) is 75.4 Å². The van der Waals surface area contributed by atoms with Crippen LogP contribution in [0.15, 0.2) is 101 Å². The number of hydrogen-bond acceptors (Lipinski definition) is 5. The Morgan fingerprint density at radius 3 is 1.97 bits per heavy atom. The topological polar surface area (TPSA) is 35.5 Å². The van der Waals surface area contributed by atoms with Crippen molar-refractivity contribution in [3.63, 3.8) is 0 Å². The molecule has 1 aliphatic heterocycles. The summed E-state index contributed by atoms with van der Waals surface area (Å²) in [5.41, 5.74) is 1.78. The zero-order chi connectivity index (χ0) is 25.6. The summed E-state index contributed by atoms with van der Waals surface area (Å²) in [6.45, 7) is 6.51. The fraction of sp³-hybridized carbons (Fsp3) is 0.267. The third-order valence-electron chi connectivity index (χ3n) is 5.56. The van der Waals surface area contributed by atoms with E-state index >= 15 is 0 Å². The molecule has 0 aromatic heterocycles. The number of thioether (sulfide) groups is 2. The number of rotatable bonds is 7. The summed E-state index contributed by atoms with van der Waals surface area (Å²) in [5, 5.41) is 1.36. The molecule has 1 aliphatic rings. The van der Waals surface area contributed by atoms with Crippen molar-refractivity contribution in [2.24, 2.45) is 5.41 Å². The highest BCUT2D eigenvalue weighted by molar-refractivity contribution is 8.22. The van der Waals surface area contributed by atoms with Crippen LogP contribution in [0.5, 0.6) is 5.75 Å². The lowest BCUT2D eigenvalue weighted by atomic mass is 9.90. The molecular formula is C30H33O3PS2. The summed E-state index contributed by atoms with van der Waals surface area (Å²) in [7, 11) is -1.79. The molecule has 3 nitrogen and oxygen atoms in total. The summed E-state index contributed by atoms with van der Waals surface area (Å²) < 4.78 is 28.5. The number of methoxy groups -OCH3 is 1. The maximum atomic E-state index is 15.0. The van der Waals surface area contributed by atoms with Gasteiger partial charge in [0.1, 0.15) is 5.75 Å². The van der Waals surface area contributed by atoms with Gasteiger partial charge < -0.3 is 9.26 Å². The third kappa shape index (κ3) is 6.51. The second-order valence-electron chi connectivity index (χ2n) is 9.64. The molecule has 4 rings (SSSR count). The maximum absolute atomic E-state index is 15.0. The second kappa shape index (κ2) is 11.8. The van der Waals surface area contributed by atoms with Gasteiger partial charge in [-0.25, -0.2) is 0 Å². The molecule has 0 spiro atoms. The standard InChI is InChI=1S/C30H33O3PS2/c1-30(2,3)22-27(23-13-11-14-24(21-23)32-4)28(29-35-19-12-20-36-29)33-34(31,25-15-7-5-8-16-25)26-17-9-6-10-18-26/h5-11,13-18,21-22H,12,19-20H2,1-4H3/b27-22+. The van der Waals surface area contributed by atoms with Gasteiger partial charge in [-0.3, -0.25) is 4.57 Å². The summed E-state index contributed by atoms with van der Waals surface area (Å²) in [5.74, 6) is 3.48. The predicted molar refractivity (Wildman–Crippen MR) is 158 cm³/mol. The molecule has 3 aromatic rings. The van der Waals surface area contributed by atoms with Crippen molar-refractivity contribution >= 4 is 47.1 Å². The fourth-order valence-electron chi connectivity index (χ4n) is 3.89. The van der Waals surface area contributed by atoms with Gasteiger partial charge in [0.05, 0.1) is 22.0 Å². The quantitative estimate of drug-likeness (QED) is 0.225. The molecule has 0 unspecified atom stereocenters. The highest BCUT2D eigenvalue weighted by Crippen LogP contribution is 2.53. The monoisotopic (exact) mass is 536 g/mol. The molecule has 0 N–H and O–H groups in total. The Kier molecular flexibility index (Phi) is 8.77. The normalized spacial score (nSPS) is 14.9. The van der Waals surface area contributed by atoms with Crippen LogP contribution >= 0.6 is 30.9 Å². The van der Waals surface area contributed by atoms with Crippen molar-refractivity contribution in [3.05, 3.63) is 107 Å². The molecule has 36 heavy (non-hydrogen) atoms. The average Bonchev–Trinajstić information content (AvgIpc) is 2.91.